The molecule has 1 amide bonds. The summed E-state index contributed by atoms with van der Waals surface area (Å²) in [5.41, 5.74) is 3.25. The molecule has 0 radical (unpaired) electrons. The van der Waals surface area contributed by atoms with Crippen LogP contribution in [-0.2, 0) is 33.9 Å². The molecule has 1 fully saturated rings. The van der Waals surface area contributed by atoms with Crippen molar-refractivity contribution in [1.82, 2.24) is 19.5 Å². The van der Waals surface area contributed by atoms with Crippen molar-refractivity contribution in [2.24, 2.45) is 0 Å². The molecule has 7 aromatic rings. The van der Waals surface area contributed by atoms with Crippen LogP contribution in [0.4, 0.5) is 22.1 Å². The molecular weight excluding hydrogens is 884 g/mol. The maximum absolute atomic E-state index is 12.7. The van der Waals surface area contributed by atoms with E-state index >= 15 is 0 Å². The van der Waals surface area contributed by atoms with Gasteiger partial charge in [0.1, 0.15) is 26.1 Å². The van der Waals surface area contributed by atoms with Gasteiger partial charge in [-0.05, 0) is 61.2 Å². The van der Waals surface area contributed by atoms with Gasteiger partial charge in [-0.3, -0.25) is 19.6 Å². The molecule has 3 unspecified atom stereocenters. The molecule has 68 heavy (non-hydrogen) atoms. The predicted molar refractivity (Wildman–Crippen MR) is 260 cm³/mol. The van der Waals surface area contributed by atoms with Crippen molar-refractivity contribution in [3.05, 3.63) is 175 Å². The molecule has 0 aliphatic carbocycles. The van der Waals surface area contributed by atoms with Gasteiger partial charge in [-0.1, -0.05) is 127 Å². The van der Waals surface area contributed by atoms with E-state index in [0.717, 1.165) is 16.7 Å². The first-order chi connectivity index (χ1) is 33.3. The molecule has 5 atom stereocenters. The molecule has 2 aromatic heterocycles. The Hall–Kier alpha value is -6.58. The van der Waals surface area contributed by atoms with Gasteiger partial charge in [-0.15, -0.1) is 0 Å². The van der Waals surface area contributed by atoms with Crippen molar-refractivity contribution in [1.29, 1.82) is 0 Å². The van der Waals surface area contributed by atoms with Crippen LogP contribution in [0.15, 0.2) is 158 Å². The maximum atomic E-state index is 12.7. The fourth-order valence-corrected chi connectivity index (χ4v) is 9.72. The van der Waals surface area contributed by atoms with Crippen molar-refractivity contribution < 1.29 is 42.9 Å². The summed E-state index contributed by atoms with van der Waals surface area (Å²) in [6.07, 6.45) is -0.471. The fraction of sp³-hybridized carbons (Fsp3) is 0.288. The Bertz CT molecular complexity index is 2550. The lowest BCUT2D eigenvalue weighted by Crippen LogP contribution is -2.38. The molecule has 1 aliphatic heterocycles. The van der Waals surface area contributed by atoms with Gasteiger partial charge in [0.15, 0.2) is 11.2 Å². The lowest BCUT2D eigenvalue weighted by Gasteiger charge is -2.37. The number of aliphatic hydroxyl groups is 1. The summed E-state index contributed by atoms with van der Waals surface area (Å²) in [6.45, 7) is 6.06. The number of aromatic nitrogens is 4. The number of benzene rings is 5. The Morgan fingerprint density at radius 3 is 1.91 bits per heavy atom. The summed E-state index contributed by atoms with van der Waals surface area (Å²) in [5, 5.41) is 14.5. The van der Waals surface area contributed by atoms with Crippen molar-refractivity contribution in [2.75, 3.05) is 42.8 Å². The molecule has 0 saturated carbocycles. The number of para-hydroxylation sites is 2. The van der Waals surface area contributed by atoms with Gasteiger partial charge in [-0.2, -0.15) is 9.97 Å². The first-order valence-corrected chi connectivity index (χ1v) is 24.1. The summed E-state index contributed by atoms with van der Waals surface area (Å²) < 4.78 is 40.0. The third-order valence-electron chi connectivity index (χ3n) is 11.3. The van der Waals surface area contributed by atoms with E-state index < -0.39 is 44.5 Å². The van der Waals surface area contributed by atoms with E-state index in [-0.39, 0.29) is 41.9 Å². The highest BCUT2D eigenvalue weighted by molar-refractivity contribution is 7.69. The Balaban J connectivity index is 1.13. The largest absolute Gasteiger partial charge is 0.461 e. The van der Waals surface area contributed by atoms with Gasteiger partial charge in [-0.25, -0.2) is 9.78 Å². The van der Waals surface area contributed by atoms with Crippen molar-refractivity contribution in [3.63, 3.8) is 0 Å². The van der Waals surface area contributed by atoms with Gasteiger partial charge < -0.3 is 33.3 Å². The monoisotopic (exact) mass is 938 g/mol. The highest BCUT2D eigenvalue weighted by atomic mass is 31.1. The maximum Gasteiger partial charge on any atom is 0.354 e. The average molecular weight is 939 g/mol. The van der Waals surface area contributed by atoms with Crippen LogP contribution in [0.1, 0.15) is 56.5 Å². The lowest BCUT2D eigenvalue weighted by atomic mass is 9.80. The zero-order chi connectivity index (χ0) is 47.3. The molecule has 2 N–H and O–H groups in total. The molecule has 1 aliphatic rings. The smallest absolute Gasteiger partial charge is 0.354 e. The van der Waals surface area contributed by atoms with E-state index in [1.165, 1.54) is 6.92 Å². The molecule has 16 heteroatoms. The Kier molecular flexibility index (Phi) is 16.2. The first kappa shape index (κ1) is 47.9. The van der Waals surface area contributed by atoms with Crippen LogP contribution in [0.5, 0.6) is 5.88 Å². The topological polar surface area (TPSA) is 169 Å². The third-order valence-corrected chi connectivity index (χ3v) is 13.1. The number of aliphatic hydroxyl groups excluding tert-OH is 1. The van der Waals surface area contributed by atoms with E-state index in [2.05, 4.69) is 46.7 Å². The Morgan fingerprint density at radius 2 is 1.38 bits per heavy atom. The Morgan fingerprint density at radius 1 is 0.824 bits per heavy atom. The van der Waals surface area contributed by atoms with Crippen LogP contribution < -0.4 is 15.0 Å². The molecular formula is C52H55N6O9P. The summed E-state index contributed by atoms with van der Waals surface area (Å²) >= 11 is 0. The first-order valence-electron chi connectivity index (χ1n) is 22.7. The van der Waals surface area contributed by atoms with E-state index in [9.17, 15) is 14.7 Å². The summed E-state index contributed by atoms with van der Waals surface area (Å²) in [6, 6.07) is 48.9. The number of fused-ring (bicyclic) bond motifs is 1. The van der Waals surface area contributed by atoms with E-state index in [4.69, 9.17) is 38.2 Å². The molecule has 15 nitrogen and oxygen atoms in total. The number of anilines is 3. The van der Waals surface area contributed by atoms with Crippen LogP contribution in [-0.4, -0.2) is 87.5 Å². The van der Waals surface area contributed by atoms with Gasteiger partial charge >= 0.3 is 5.71 Å². The standard InChI is InChI=1S/C52H55N6O9P/c1-4-62-51(61)68(65-5-2)33-21-32-63-43-34-45(66-44(43)35-64-52(38-22-11-6-12-23-38,39-24-13-7-14-25-39)40-26-15-8-16-27-40)57-36-53-46-47(57)55-49(54-37(3)59)56-48(46)67-50(60)58(41-28-17-9-18-29-41)42-30-19-10-20-31-42/h6-20,22-31,36,43-45,50,60H,4-5,21,32-35H2,1-3H3,(H,54,55,56,59)/t43?,44-,45-,50?,68?/m1/s1. The van der Waals surface area contributed by atoms with Gasteiger partial charge in [0.25, 0.3) is 12.3 Å². The Labute approximate surface area is 396 Å². The van der Waals surface area contributed by atoms with Crippen molar-refractivity contribution in [2.45, 2.75) is 64.1 Å². The zero-order valence-corrected chi connectivity index (χ0v) is 39.1. The van der Waals surface area contributed by atoms with Crippen LogP contribution in [0.25, 0.3) is 11.2 Å². The molecule has 3 heterocycles. The van der Waals surface area contributed by atoms with Gasteiger partial charge in [0.2, 0.25) is 11.9 Å². The summed E-state index contributed by atoms with van der Waals surface area (Å²) in [7, 11) is -1.46. The van der Waals surface area contributed by atoms with E-state index in [0.29, 0.717) is 43.6 Å². The highest BCUT2D eigenvalue weighted by Crippen LogP contribution is 2.43. The van der Waals surface area contributed by atoms with Crippen LogP contribution in [0.3, 0.4) is 0 Å². The number of imidazole rings is 1. The highest BCUT2D eigenvalue weighted by Gasteiger charge is 2.43. The van der Waals surface area contributed by atoms with Gasteiger partial charge in [0, 0.05) is 44.1 Å². The minimum absolute atomic E-state index is 0.0589. The van der Waals surface area contributed by atoms with E-state index in [1.54, 1.807) is 22.7 Å². The van der Waals surface area contributed by atoms with Crippen molar-refractivity contribution >= 4 is 48.3 Å². The quantitative estimate of drug-likeness (QED) is 0.0285. The minimum atomic E-state index is -1.58. The lowest BCUT2D eigenvalue weighted by molar-refractivity contribution is -0.114. The third kappa shape index (κ3) is 11.1. The minimum Gasteiger partial charge on any atom is -0.461 e. The molecule has 352 valence electrons. The number of amides is 1. The zero-order valence-electron chi connectivity index (χ0n) is 38.2. The van der Waals surface area contributed by atoms with Crippen LogP contribution in [0, 0.1) is 0 Å². The van der Waals surface area contributed by atoms with E-state index in [1.807, 2.05) is 122 Å². The average Bonchev–Trinajstić information content (AvgIpc) is 3.98. The summed E-state index contributed by atoms with van der Waals surface area (Å²) in [4.78, 5) is 40.7. The second kappa shape index (κ2) is 22.9. The number of hydrogen-bond acceptors (Lipinski definition) is 13. The van der Waals surface area contributed by atoms with Crippen LogP contribution >= 0.6 is 8.15 Å². The number of hydrogen-bond donors (Lipinski definition) is 2. The number of nitrogens with one attached hydrogen (secondary N) is 1. The summed E-state index contributed by atoms with van der Waals surface area (Å²) in [5.74, 6) is -0.538. The SMILES string of the molecule is CCOC(=O)P(CCCOC1C[C@H](n2cnc3c(OC(O)N(c4ccccc4)c4ccccc4)nc(NC(C)=O)nc32)O[C@@H]1COC(c1ccccc1)(c1ccccc1)c1ccccc1)OCC. The number of carbonyl (C=O) groups is 2. The van der Waals surface area contributed by atoms with Crippen molar-refractivity contribution in [3.8, 4) is 5.88 Å². The molecule has 8 rings (SSSR count). The second-order valence-electron chi connectivity index (χ2n) is 15.8. The van der Waals surface area contributed by atoms with Crippen LogP contribution in [0.2, 0.25) is 0 Å². The van der Waals surface area contributed by atoms with Gasteiger partial charge in [0.05, 0.1) is 25.6 Å². The number of rotatable bonds is 22. The second-order valence-corrected chi connectivity index (χ2v) is 17.6. The molecule has 5 aromatic carbocycles. The predicted octanol–water partition coefficient (Wildman–Crippen LogP) is 9.94. The molecule has 1 saturated heterocycles. The number of carbonyl (C=O) groups excluding carboxylic acids is 2. The number of ether oxygens (including phenoxy) is 5. The normalized spacial score (nSPS) is 16.8. The fourth-order valence-electron chi connectivity index (χ4n) is 8.31. The molecule has 0 spiro atoms. The molecule has 0 bridgehead atoms. The number of nitrogens with zero attached hydrogens (tertiary/aromatic N) is 5.